The van der Waals surface area contributed by atoms with Crippen molar-refractivity contribution in [2.45, 2.75) is 0 Å². The summed E-state index contributed by atoms with van der Waals surface area (Å²) in [6.07, 6.45) is 1.83. The molecule has 0 heterocycles. The molecule has 0 aliphatic heterocycles. The van der Waals surface area contributed by atoms with E-state index in [1.807, 2.05) is 36.4 Å². The first kappa shape index (κ1) is 11.0. The molecule has 1 rings (SSSR count). The Morgan fingerprint density at radius 2 is 1.54 bits per heavy atom. The summed E-state index contributed by atoms with van der Waals surface area (Å²) in [5, 5.41) is 0. The zero-order valence-corrected chi connectivity index (χ0v) is 7.59. The van der Waals surface area contributed by atoms with Crippen LogP contribution in [-0.4, -0.2) is 0 Å². The topological polar surface area (TPSA) is 0 Å². The zero-order chi connectivity index (χ0) is 9.94. The summed E-state index contributed by atoms with van der Waals surface area (Å²) in [6, 6.07) is 10.0. The fourth-order valence-electron chi connectivity index (χ4n) is 0.652. The van der Waals surface area contributed by atoms with Crippen LogP contribution in [0.15, 0.2) is 67.3 Å². The van der Waals surface area contributed by atoms with E-state index >= 15 is 0 Å². The monoisotopic (exact) mass is 168 g/mol. The van der Waals surface area contributed by atoms with Crippen molar-refractivity contribution >= 4 is 6.08 Å². The van der Waals surface area contributed by atoms with Gasteiger partial charge in [0.15, 0.2) is 0 Å². The van der Waals surface area contributed by atoms with Crippen molar-refractivity contribution in [1.29, 1.82) is 0 Å². The van der Waals surface area contributed by atoms with Crippen molar-refractivity contribution < 1.29 is 0 Å². The van der Waals surface area contributed by atoms with Gasteiger partial charge in [0.1, 0.15) is 0 Å². The first-order valence-electron chi connectivity index (χ1n) is 3.81. The van der Waals surface area contributed by atoms with Crippen LogP contribution >= 0.6 is 0 Å². The molecule has 0 aromatic heterocycles. The molecule has 0 unspecified atom stereocenters. The maximum absolute atomic E-state index is 3.63. The van der Waals surface area contributed by atoms with Crippen LogP contribution in [0.25, 0.3) is 6.08 Å². The molecule has 0 atom stereocenters. The molecule has 0 amide bonds. The third-order valence-corrected chi connectivity index (χ3v) is 1.21. The van der Waals surface area contributed by atoms with Crippen molar-refractivity contribution in [2.75, 3.05) is 0 Å². The van der Waals surface area contributed by atoms with Gasteiger partial charge in [0.25, 0.3) is 0 Å². The highest BCUT2D eigenvalue weighted by molar-refractivity contribution is 5.45. The average molecular weight is 168 g/mol. The van der Waals surface area contributed by atoms with Crippen molar-refractivity contribution in [1.82, 2.24) is 0 Å². The van der Waals surface area contributed by atoms with Gasteiger partial charge < -0.3 is 0 Å². The Bertz CT molecular complexity index is 329. The summed E-state index contributed by atoms with van der Waals surface area (Å²) >= 11 is 0. The Hall–Kier alpha value is -1.96. The van der Waals surface area contributed by atoms with Crippen LogP contribution in [0.5, 0.6) is 0 Å². The van der Waals surface area contributed by atoms with E-state index in [1.54, 1.807) is 0 Å². The summed E-state index contributed by atoms with van der Waals surface area (Å²) in [4.78, 5) is 0. The Kier molecular flexibility index (Phi) is 6.91. The van der Waals surface area contributed by atoms with Crippen molar-refractivity contribution in [3.05, 3.63) is 72.8 Å². The molecule has 0 bridgehead atoms. The van der Waals surface area contributed by atoms with Gasteiger partial charge in [0, 0.05) is 0 Å². The van der Waals surface area contributed by atoms with Crippen LogP contribution in [0.1, 0.15) is 5.56 Å². The fourth-order valence-corrected chi connectivity index (χ4v) is 0.652. The van der Waals surface area contributed by atoms with Crippen LogP contribution in [0.3, 0.4) is 0 Å². The van der Waals surface area contributed by atoms with E-state index in [2.05, 4.69) is 36.9 Å². The second-order valence-corrected chi connectivity index (χ2v) is 2.09. The van der Waals surface area contributed by atoms with Gasteiger partial charge in [-0.2, -0.15) is 0 Å². The summed E-state index contributed by atoms with van der Waals surface area (Å²) < 4.78 is 0. The molecule has 1 aromatic rings. The van der Waals surface area contributed by atoms with E-state index in [1.165, 1.54) is 5.56 Å². The van der Waals surface area contributed by atoms with Crippen molar-refractivity contribution in [3.63, 3.8) is 0 Å². The summed E-state index contributed by atoms with van der Waals surface area (Å²) in [7, 11) is 0. The normalized spacial score (nSPS) is 6.46. The van der Waals surface area contributed by atoms with E-state index in [0.29, 0.717) is 0 Å². The molecular formula is C13H12. The number of rotatable bonds is 1. The first-order chi connectivity index (χ1) is 6.35. The lowest BCUT2D eigenvalue weighted by Gasteiger charge is -1.85. The van der Waals surface area contributed by atoms with Crippen LogP contribution in [-0.2, 0) is 0 Å². The molecule has 0 heteroatoms. The standard InChI is InChI=1S/C8H8.C5H4/c1-2-8-6-4-3-5-7-8;1-3-5-4-2/h2-7H,1H2;1-2H2. The quantitative estimate of drug-likeness (QED) is 0.562. The molecule has 0 aliphatic carbocycles. The van der Waals surface area contributed by atoms with E-state index in [0.717, 1.165) is 0 Å². The van der Waals surface area contributed by atoms with Gasteiger partial charge >= 0.3 is 0 Å². The zero-order valence-electron chi connectivity index (χ0n) is 7.59. The summed E-state index contributed by atoms with van der Waals surface area (Å²) in [5.74, 6) is 0. The van der Waals surface area contributed by atoms with Gasteiger partial charge in [0.2, 0.25) is 0 Å². The Morgan fingerprint density at radius 3 is 1.77 bits per heavy atom. The number of hydrogen-bond acceptors (Lipinski definition) is 0. The molecule has 0 N–H and O–H groups in total. The maximum Gasteiger partial charge on any atom is -0.0203 e. The highest BCUT2D eigenvalue weighted by Crippen LogP contribution is 1.97. The highest BCUT2D eigenvalue weighted by Gasteiger charge is 1.75. The lowest BCUT2D eigenvalue weighted by atomic mass is 10.2. The van der Waals surface area contributed by atoms with Gasteiger partial charge in [-0.1, -0.05) is 54.4 Å². The molecule has 0 nitrogen and oxygen atoms in total. The van der Waals surface area contributed by atoms with E-state index in [9.17, 15) is 0 Å². The molecule has 0 radical (unpaired) electrons. The third kappa shape index (κ3) is 6.44. The van der Waals surface area contributed by atoms with Gasteiger partial charge in [-0.3, -0.25) is 0 Å². The van der Waals surface area contributed by atoms with Crippen molar-refractivity contribution in [3.8, 4) is 0 Å². The van der Waals surface area contributed by atoms with Gasteiger partial charge in [-0.05, 0) is 24.5 Å². The predicted octanol–water partition coefficient (Wildman–Crippen LogP) is 3.60. The van der Waals surface area contributed by atoms with Crippen LogP contribution < -0.4 is 0 Å². The molecule has 0 saturated heterocycles. The predicted molar refractivity (Wildman–Crippen MR) is 58.3 cm³/mol. The minimum absolute atomic E-state index is 1.17. The Morgan fingerprint density at radius 1 is 1.00 bits per heavy atom. The van der Waals surface area contributed by atoms with Crippen LogP contribution in [0, 0.1) is 0 Å². The lowest BCUT2D eigenvalue weighted by molar-refractivity contribution is 1.67. The average Bonchev–Trinajstić information content (AvgIpc) is 2.21. The molecule has 0 aliphatic rings. The largest absolute Gasteiger partial charge is 0.0985 e. The van der Waals surface area contributed by atoms with Gasteiger partial charge in [0.05, 0.1) is 0 Å². The second kappa shape index (κ2) is 8.14. The Labute approximate surface area is 79.5 Å². The Balaban J connectivity index is 0.000000252. The molecule has 0 fully saturated rings. The van der Waals surface area contributed by atoms with Crippen molar-refractivity contribution in [2.24, 2.45) is 0 Å². The second-order valence-electron chi connectivity index (χ2n) is 2.09. The molecule has 0 saturated carbocycles. The molecule has 13 heavy (non-hydrogen) atoms. The highest BCUT2D eigenvalue weighted by atomic mass is 13.8. The molecule has 0 spiro atoms. The number of benzene rings is 1. The SMILES string of the molecule is C=C=C=C=C.C=Cc1ccccc1. The fraction of sp³-hybridized carbons (Fsp3) is 0. The van der Waals surface area contributed by atoms with Gasteiger partial charge in [-0.25, -0.2) is 0 Å². The third-order valence-electron chi connectivity index (χ3n) is 1.21. The van der Waals surface area contributed by atoms with Crippen LogP contribution in [0.4, 0.5) is 0 Å². The van der Waals surface area contributed by atoms with E-state index in [-0.39, 0.29) is 0 Å². The minimum Gasteiger partial charge on any atom is -0.0985 e. The molecule has 1 aromatic carbocycles. The maximum atomic E-state index is 3.63. The number of hydrogen-bond donors (Lipinski definition) is 0. The summed E-state index contributed by atoms with van der Waals surface area (Å²) in [6.45, 7) is 10.1. The lowest BCUT2D eigenvalue weighted by Crippen LogP contribution is -1.63. The van der Waals surface area contributed by atoms with E-state index in [4.69, 9.17) is 0 Å². The molecule has 64 valence electrons. The van der Waals surface area contributed by atoms with Gasteiger partial charge in [-0.15, -0.1) is 0 Å². The smallest absolute Gasteiger partial charge is 0.0203 e. The molecular weight excluding hydrogens is 156 g/mol. The first-order valence-corrected chi connectivity index (χ1v) is 3.81. The minimum atomic E-state index is 1.17. The van der Waals surface area contributed by atoms with E-state index < -0.39 is 0 Å². The van der Waals surface area contributed by atoms with Crippen LogP contribution in [0.2, 0.25) is 0 Å². The summed E-state index contributed by atoms with van der Waals surface area (Å²) in [5.41, 5.74) is 8.25.